The van der Waals surface area contributed by atoms with Gasteiger partial charge >= 0.3 is 0 Å². The number of carbonyl (C=O) groups excluding carboxylic acids is 1. The second-order valence-corrected chi connectivity index (χ2v) is 8.78. The van der Waals surface area contributed by atoms with Gasteiger partial charge in [0.2, 0.25) is 0 Å². The minimum Gasteiger partial charge on any atom is -0.357 e. The first-order chi connectivity index (χ1) is 15.7. The fraction of sp³-hybridized carbons (Fsp3) is 0.440. The van der Waals surface area contributed by atoms with Crippen molar-refractivity contribution in [2.75, 3.05) is 18.0 Å². The molecule has 7 heteroatoms. The van der Waals surface area contributed by atoms with E-state index >= 15 is 0 Å². The number of carbonyl (C=O) groups is 1. The smallest absolute Gasteiger partial charge is 0.261 e. The Bertz CT molecular complexity index is 1180. The van der Waals surface area contributed by atoms with Crippen LogP contribution in [0.1, 0.15) is 60.3 Å². The van der Waals surface area contributed by atoms with Crippen molar-refractivity contribution < 1.29 is 4.79 Å². The van der Waals surface area contributed by atoms with Crippen molar-refractivity contribution in [2.24, 2.45) is 0 Å². The molecule has 0 aliphatic carbocycles. The summed E-state index contributed by atoms with van der Waals surface area (Å²) in [6.07, 6.45) is 9.45. The standard InChI is InChI=1S/C25H29N5O2/c31-24(27-17-18-8-11-22(26-16-18)29-12-5-6-13-29)19-9-10-20-21(15-19)28-23-7-3-1-2-4-14-30(23)25(20)32/h8-11,15-16H,1-7,12-14,17H2,(H,27,31). The van der Waals surface area contributed by atoms with Crippen LogP contribution in [0.4, 0.5) is 5.82 Å². The van der Waals surface area contributed by atoms with E-state index in [4.69, 9.17) is 4.98 Å². The Hall–Kier alpha value is -3.22. The third-order valence-corrected chi connectivity index (χ3v) is 6.52. The Labute approximate surface area is 187 Å². The molecule has 1 amide bonds. The summed E-state index contributed by atoms with van der Waals surface area (Å²) in [5.41, 5.74) is 2.08. The lowest BCUT2D eigenvalue weighted by molar-refractivity contribution is 0.0951. The van der Waals surface area contributed by atoms with E-state index in [1.807, 2.05) is 22.9 Å². The monoisotopic (exact) mass is 431 g/mol. The minimum atomic E-state index is -0.177. The molecule has 2 aliphatic rings. The Morgan fingerprint density at radius 1 is 0.969 bits per heavy atom. The molecule has 1 saturated heterocycles. The van der Waals surface area contributed by atoms with Gasteiger partial charge in [-0.3, -0.25) is 14.2 Å². The zero-order valence-corrected chi connectivity index (χ0v) is 18.3. The molecule has 2 aromatic heterocycles. The number of anilines is 1. The van der Waals surface area contributed by atoms with E-state index in [2.05, 4.69) is 15.2 Å². The van der Waals surface area contributed by atoms with Crippen LogP contribution in [0.3, 0.4) is 0 Å². The number of nitrogens with zero attached hydrogens (tertiary/aromatic N) is 4. The van der Waals surface area contributed by atoms with E-state index in [0.717, 1.165) is 62.5 Å². The van der Waals surface area contributed by atoms with Crippen LogP contribution in [-0.4, -0.2) is 33.5 Å². The van der Waals surface area contributed by atoms with E-state index in [9.17, 15) is 9.59 Å². The third-order valence-electron chi connectivity index (χ3n) is 6.52. The van der Waals surface area contributed by atoms with Crippen LogP contribution < -0.4 is 15.8 Å². The fourth-order valence-electron chi connectivity index (χ4n) is 4.68. The van der Waals surface area contributed by atoms with Gasteiger partial charge in [-0.1, -0.05) is 18.9 Å². The molecule has 0 spiro atoms. The molecule has 1 aromatic carbocycles. The van der Waals surface area contributed by atoms with Crippen LogP contribution in [0.25, 0.3) is 10.9 Å². The quantitative estimate of drug-likeness (QED) is 0.685. The molecule has 0 atom stereocenters. The lowest BCUT2D eigenvalue weighted by atomic mass is 10.1. The molecule has 0 radical (unpaired) electrons. The maximum absolute atomic E-state index is 13.0. The molecule has 4 heterocycles. The molecule has 2 aliphatic heterocycles. The second-order valence-electron chi connectivity index (χ2n) is 8.78. The zero-order valence-electron chi connectivity index (χ0n) is 18.3. The highest BCUT2D eigenvalue weighted by Gasteiger charge is 2.16. The van der Waals surface area contributed by atoms with Crippen LogP contribution in [-0.2, 0) is 19.5 Å². The van der Waals surface area contributed by atoms with Gasteiger partial charge in [-0.15, -0.1) is 0 Å². The van der Waals surface area contributed by atoms with E-state index < -0.39 is 0 Å². The Kier molecular flexibility index (Phi) is 5.88. The lowest BCUT2D eigenvalue weighted by Crippen LogP contribution is -2.27. The van der Waals surface area contributed by atoms with Crippen molar-refractivity contribution in [2.45, 2.75) is 58.0 Å². The number of fused-ring (bicyclic) bond motifs is 2. The number of benzene rings is 1. The van der Waals surface area contributed by atoms with Crippen LogP contribution in [0.5, 0.6) is 0 Å². The van der Waals surface area contributed by atoms with Crippen molar-refractivity contribution in [1.82, 2.24) is 19.9 Å². The summed E-state index contributed by atoms with van der Waals surface area (Å²) in [7, 11) is 0. The van der Waals surface area contributed by atoms with Gasteiger partial charge in [0.15, 0.2) is 0 Å². The Balaban J connectivity index is 1.31. The maximum atomic E-state index is 13.0. The second kappa shape index (κ2) is 9.10. The maximum Gasteiger partial charge on any atom is 0.261 e. The van der Waals surface area contributed by atoms with Crippen molar-refractivity contribution in [3.05, 3.63) is 63.8 Å². The van der Waals surface area contributed by atoms with Gasteiger partial charge in [0, 0.05) is 44.4 Å². The first-order valence-corrected chi connectivity index (χ1v) is 11.7. The summed E-state index contributed by atoms with van der Waals surface area (Å²) in [5.74, 6) is 1.66. The number of pyridine rings is 1. The molecule has 0 bridgehead atoms. The van der Waals surface area contributed by atoms with Crippen LogP contribution >= 0.6 is 0 Å². The fourth-order valence-corrected chi connectivity index (χ4v) is 4.68. The predicted octanol–water partition coefficient (Wildman–Crippen LogP) is 3.44. The highest BCUT2D eigenvalue weighted by molar-refractivity contribution is 5.97. The Morgan fingerprint density at radius 2 is 1.78 bits per heavy atom. The summed E-state index contributed by atoms with van der Waals surface area (Å²) < 4.78 is 1.82. The molecule has 32 heavy (non-hydrogen) atoms. The SMILES string of the molecule is O=C(NCc1ccc(N2CCCC2)nc1)c1ccc2c(=O)n3c(nc2c1)CCCCCC3. The van der Waals surface area contributed by atoms with E-state index in [1.165, 1.54) is 19.3 Å². The summed E-state index contributed by atoms with van der Waals surface area (Å²) in [6.45, 7) is 3.26. The van der Waals surface area contributed by atoms with E-state index in [-0.39, 0.29) is 11.5 Å². The molecule has 1 fully saturated rings. The van der Waals surface area contributed by atoms with Crippen molar-refractivity contribution >= 4 is 22.6 Å². The topological polar surface area (TPSA) is 80.1 Å². The molecule has 3 aromatic rings. The van der Waals surface area contributed by atoms with Crippen molar-refractivity contribution in [3.8, 4) is 0 Å². The van der Waals surface area contributed by atoms with Gasteiger partial charge in [-0.25, -0.2) is 9.97 Å². The van der Waals surface area contributed by atoms with Gasteiger partial charge in [-0.05, 0) is 55.5 Å². The van der Waals surface area contributed by atoms with Gasteiger partial charge in [-0.2, -0.15) is 0 Å². The molecular weight excluding hydrogens is 402 g/mol. The molecule has 0 saturated carbocycles. The minimum absolute atomic E-state index is 0.00280. The summed E-state index contributed by atoms with van der Waals surface area (Å²) in [6, 6.07) is 9.22. The van der Waals surface area contributed by atoms with Crippen molar-refractivity contribution in [1.29, 1.82) is 0 Å². The highest BCUT2D eigenvalue weighted by atomic mass is 16.1. The molecule has 0 unspecified atom stereocenters. The number of aromatic nitrogens is 3. The van der Waals surface area contributed by atoms with Crippen molar-refractivity contribution in [3.63, 3.8) is 0 Å². The van der Waals surface area contributed by atoms with Gasteiger partial charge in [0.1, 0.15) is 11.6 Å². The van der Waals surface area contributed by atoms with E-state index in [0.29, 0.717) is 23.0 Å². The van der Waals surface area contributed by atoms with Gasteiger partial charge < -0.3 is 10.2 Å². The zero-order chi connectivity index (χ0) is 21.9. The number of rotatable bonds is 4. The molecular formula is C25H29N5O2. The van der Waals surface area contributed by atoms with E-state index in [1.54, 1.807) is 18.2 Å². The third kappa shape index (κ3) is 4.24. The molecule has 7 nitrogen and oxygen atoms in total. The van der Waals surface area contributed by atoms with Crippen LogP contribution in [0.2, 0.25) is 0 Å². The van der Waals surface area contributed by atoms with Gasteiger partial charge in [0.25, 0.3) is 11.5 Å². The number of hydrogen-bond donors (Lipinski definition) is 1. The summed E-state index contributed by atoms with van der Waals surface area (Å²) in [5, 5.41) is 3.54. The molecule has 5 rings (SSSR count). The number of nitrogens with one attached hydrogen (secondary N) is 1. The summed E-state index contributed by atoms with van der Waals surface area (Å²) in [4.78, 5) is 37.3. The number of aryl methyl sites for hydroxylation is 1. The van der Waals surface area contributed by atoms with Gasteiger partial charge in [0.05, 0.1) is 10.9 Å². The molecule has 166 valence electrons. The number of hydrogen-bond acceptors (Lipinski definition) is 5. The average Bonchev–Trinajstić information content (AvgIpc) is 3.34. The first-order valence-electron chi connectivity index (χ1n) is 11.7. The summed E-state index contributed by atoms with van der Waals surface area (Å²) >= 11 is 0. The Morgan fingerprint density at radius 3 is 2.59 bits per heavy atom. The first kappa shape index (κ1) is 20.7. The number of amides is 1. The molecule has 1 N–H and O–H groups in total. The van der Waals surface area contributed by atoms with Crippen LogP contribution in [0, 0.1) is 0 Å². The largest absolute Gasteiger partial charge is 0.357 e. The lowest BCUT2D eigenvalue weighted by Gasteiger charge is -2.16. The predicted molar refractivity (Wildman–Crippen MR) is 125 cm³/mol. The van der Waals surface area contributed by atoms with Crippen LogP contribution in [0.15, 0.2) is 41.3 Å². The normalized spacial score (nSPS) is 16.4. The highest BCUT2D eigenvalue weighted by Crippen LogP contribution is 2.18. The average molecular weight is 432 g/mol.